The fourth-order valence-corrected chi connectivity index (χ4v) is 1.13. The van der Waals surface area contributed by atoms with Crippen molar-refractivity contribution in [3.8, 4) is 5.75 Å². The zero-order valence-electron chi connectivity index (χ0n) is 10.1. The van der Waals surface area contributed by atoms with E-state index in [4.69, 9.17) is 4.74 Å². The van der Waals surface area contributed by atoms with Crippen LogP contribution < -0.4 is 10.1 Å². The summed E-state index contributed by atoms with van der Waals surface area (Å²) in [5.74, 6) is -0.388. The molecule has 0 atom stereocenters. The van der Waals surface area contributed by atoms with Crippen molar-refractivity contribution in [3.63, 3.8) is 0 Å². The van der Waals surface area contributed by atoms with Gasteiger partial charge < -0.3 is 9.47 Å². The number of nitrogens with one attached hydrogen (secondary N) is 1. The average Bonchev–Trinajstić information content (AvgIpc) is 2.37. The molecule has 2 amide bonds. The van der Waals surface area contributed by atoms with Crippen molar-refractivity contribution < 1.29 is 24.0 Å². The van der Waals surface area contributed by atoms with Gasteiger partial charge in [-0.2, -0.15) is 0 Å². The van der Waals surface area contributed by atoms with Gasteiger partial charge in [0, 0.05) is 12.1 Å². The number of nitro groups is 1. The molecule has 0 heterocycles. The van der Waals surface area contributed by atoms with Crippen molar-refractivity contribution in [1.29, 1.82) is 0 Å². The number of imide groups is 1. The van der Waals surface area contributed by atoms with Gasteiger partial charge in [0.05, 0.1) is 11.5 Å². The van der Waals surface area contributed by atoms with Crippen LogP contribution in [-0.2, 0) is 9.53 Å². The molecule has 0 saturated carbocycles. The number of carbonyl (C=O) groups excluding carboxylic acids is 2. The molecule has 1 aromatic carbocycles. The predicted molar refractivity (Wildman–Crippen MR) is 63.8 cm³/mol. The average molecular weight is 268 g/mol. The van der Waals surface area contributed by atoms with Crippen molar-refractivity contribution in [2.75, 3.05) is 13.2 Å². The van der Waals surface area contributed by atoms with Crippen LogP contribution in [0.15, 0.2) is 24.3 Å². The summed E-state index contributed by atoms with van der Waals surface area (Å²) in [5.41, 5.74) is -0.0803. The number of nitro benzene ring substituents is 1. The monoisotopic (exact) mass is 268 g/mol. The predicted octanol–water partition coefficient (Wildman–Crippen LogP) is 1.25. The zero-order valence-corrected chi connectivity index (χ0v) is 10.1. The summed E-state index contributed by atoms with van der Waals surface area (Å²) >= 11 is 0. The van der Waals surface area contributed by atoms with Crippen LogP contribution in [0.1, 0.15) is 6.92 Å². The van der Waals surface area contributed by atoms with Crippen LogP contribution in [0.25, 0.3) is 0 Å². The highest BCUT2D eigenvalue weighted by molar-refractivity contribution is 5.92. The Hall–Kier alpha value is -2.64. The minimum absolute atomic E-state index is 0.0803. The van der Waals surface area contributed by atoms with Crippen molar-refractivity contribution in [3.05, 3.63) is 34.4 Å². The Kier molecular flexibility index (Phi) is 5.27. The van der Waals surface area contributed by atoms with Gasteiger partial charge in [-0.25, -0.2) is 4.79 Å². The molecule has 1 rings (SSSR count). The molecule has 0 aliphatic rings. The van der Waals surface area contributed by atoms with E-state index in [1.54, 1.807) is 6.92 Å². The van der Waals surface area contributed by atoms with Crippen molar-refractivity contribution in [1.82, 2.24) is 5.32 Å². The Morgan fingerprint density at radius 1 is 1.32 bits per heavy atom. The minimum atomic E-state index is -0.847. The van der Waals surface area contributed by atoms with E-state index in [9.17, 15) is 19.7 Å². The molecule has 8 nitrogen and oxygen atoms in total. The van der Waals surface area contributed by atoms with E-state index >= 15 is 0 Å². The van der Waals surface area contributed by atoms with E-state index in [-0.39, 0.29) is 18.0 Å². The maximum Gasteiger partial charge on any atom is 0.413 e. The van der Waals surface area contributed by atoms with Crippen molar-refractivity contribution in [2.24, 2.45) is 0 Å². The standard InChI is InChI=1S/C11H12N2O6/c1-2-18-11(15)12-10(14)7-19-9-5-3-8(4-6-9)13(16)17/h3-6H,2,7H2,1H3,(H,12,14,15). The van der Waals surface area contributed by atoms with Crippen LogP contribution in [-0.4, -0.2) is 30.1 Å². The second-order valence-corrected chi connectivity index (χ2v) is 3.31. The van der Waals surface area contributed by atoms with E-state index < -0.39 is 23.5 Å². The number of amides is 2. The second kappa shape index (κ2) is 6.94. The first-order chi connectivity index (χ1) is 9.02. The number of carbonyl (C=O) groups is 2. The fraction of sp³-hybridized carbons (Fsp3) is 0.273. The van der Waals surface area contributed by atoms with E-state index in [1.807, 2.05) is 5.32 Å². The normalized spacial score (nSPS) is 9.53. The molecule has 0 radical (unpaired) electrons. The van der Waals surface area contributed by atoms with E-state index in [0.717, 1.165) is 0 Å². The molecule has 0 aliphatic carbocycles. The van der Waals surface area contributed by atoms with Gasteiger partial charge in [-0.1, -0.05) is 0 Å². The van der Waals surface area contributed by atoms with E-state index in [1.165, 1.54) is 24.3 Å². The number of rotatable bonds is 5. The molecule has 0 bridgehead atoms. The van der Waals surface area contributed by atoms with E-state index in [0.29, 0.717) is 0 Å². The Bertz CT molecular complexity index is 471. The number of benzene rings is 1. The fourth-order valence-electron chi connectivity index (χ4n) is 1.13. The number of non-ortho nitro benzene ring substituents is 1. The lowest BCUT2D eigenvalue weighted by Gasteiger charge is -2.06. The maximum atomic E-state index is 11.2. The molecular formula is C11H12N2O6. The molecule has 19 heavy (non-hydrogen) atoms. The van der Waals surface area contributed by atoms with Crippen LogP contribution in [0, 0.1) is 10.1 Å². The third-order valence-corrected chi connectivity index (χ3v) is 1.93. The van der Waals surface area contributed by atoms with Gasteiger partial charge in [-0.05, 0) is 19.1 Å². The molecule has 0 spiro atoms. The molecule has 0 fully saturated rings. The zero-order chi connectivity index (χ0) is 14.3. The molecule has 1 aromatic rings. The summed E-state index contributed by atoms with van der Waals surface area (Å²) in [7, 11) is 0. The van der Waals surface area contributed by atoms with Crippen molar-refractivity contribution in [2.45, 2.75) is 6.92 Å². The quantitative estimate of drug-likeness (QED) is 0.636. The Morgan fingerprint density at radius 3 is 2.47 bits per heavy atom. The topological polar surface area (TPSA) is 108 Å². The highest BCUT2D eigenvalue weighted by Crippen LogP contribution is 2.16. The highest BCUT2D eigenvalue weighted by Gasteiger charge is 2.09. The number of ether oxygens (including phenoxy) is 2. The highest BCUT2D eigenvalue weighted by atomic mass is 16.6. The summed E-state index contributed by atoms with van der Waals surface area (Å²) in [5, 5.41) is 12.4. The van der Waals surface area contributed by atoms with Crippen LogP contribution >= 0.6 is 0 Å². The van der Waals surface area contributed by atoms with Gasteiger partial charge in [0.25, 0.3) is 11.6 Å². The molecule has 8 heteroatoms. The van der Waals surface area contributed by atoms with Gasteiger partial charge in [-0.15, -0.1) is 0 Å². The summed E-state index contributed by atoms with van der Waals surface area (Å²) in [6.45, 7) is 1.37. The Balaban J connectivity index is 2.42. The van der Waals surface area contributed by atoms with Crippen molar-refractivity contribution >= 4 is 17.7 Å². The van der Waals surface area contributed by atoms with Crippen LogP contribution in [0.4, 0.5) is 10.5 Å². The third kappa shape index (κ3) is 5.02. The molecule has 1 N–H and O–H groups in total. The third-order valence-electron chi connectivity index (χ3n) is 1.93. The first kappa shape index (κ1) is 14.4. The smallest absolute Gasteiger partial charge is 0.413 e. The van der Waals surface area contributed by atoms with Crippen LogP contribution in [0.2, 0.25) is 0 Å². The van der Waals surface area contributed by atoms with Gasteiger partial charge >= 0.3 is 6.09 Å². The lowest BCUT2D eigenvalue weighted by molar-refractivity contribution is -0.384. The first-order valence-electron chi connectivity index (χ1n) is 5.36. The number of nitrogens with zero attached hydrogens (tertiary/aromatic N) is 1. The summed E-state index contributed by atoms with van der Waals surface area (Å²) in [6, 6.07) is 5.21. The number of hydrogen-bond donors (Lipinski definition) is 1. The van der Waals surface area contributed by atoms with Gasteiger partial charge in [0.1, 0.15) is 5.75 Å². The molecular weight excluding hydrogens is 256 g/mol. The summed E-state index contributed by atoms with van der Waals surface area (Å²) in [4.78, 5) is 32.0. The maximum absolute atomic E-state index is 11.2. The second-order valence-electron chi connectivity index (χ2n) is 3.31. The van der Waals surface area contributed by atoms with Gasteiger partial charge in [-0.3, -0.25) is 20.2 Å². The summed E-state index contributed by atoms with van der Waals surface area (Å²) in [6.07, 6.45) is -0.847. The molecule has 0 unspecified atom stereocenters. The Labute approximate surface area is 108 Å². The largest absolute Gasteiger partial charge is 0.484 e. The van der Waals surface area contributed by atoms with Gasteiger partial charge in [0.2, 0.25) is 0 Å². The number of alkyl carbamates (subject to hydrolysis) is 1. The molecule has 0 saturated heterocycles. The van der Waals surface area contributed by atoms with E-state index in [2.05, 4.69) is 4.74 Å². The molecule has 102 valence electrons. The first-order valence-corrected chi connectivity index (χ1v) is 5.36. The molecule has 0 aromatic heterocycles. The van der Waals surface area contributed by atoms with Gasteiger partial charge in [0.15, 0.2) is 6.61 Å². The molecule has 0 aliphatic heterocycles. The Morgan fingerprint density at radius 2 is 1.95 bits per heavy atom. The SMILES string of the molecule is CCOC(=O)NC(=O)COc1ccc([N+](=O)[O-])cc1. The van der Waals surface area contributed by atoms with Crippen LogP contribution in [0.5, 0.6) is 5.75 Å². The lowest BCUT2D eigenvalue weighted by atomic mass is 10.3. The van der Waals surface area contributed by atoms with Crippen LogP contribution in [0.3, 0.4) is 0 Å². The summed E-state index contributed by atoms with van der Waals surface area (Å²) < 4.78 is 9.54. The number of hydrogen-bond acceptors (Lipinski definition) is 6. The minimum Gasteiger partial charge on any atom is -0.484 e. The lowest BCUT2D eigenvalue weighted by Crippen LogP contribution is -2.34.